The van der Waals surface area contributed by atoms with Gasteiger partial charge in [-0.2, -0.15) is 0 Å². The van der Waals surface area contributed by atoms with Crippen molar-refractivity contribution < 1.29 is 9.59 Å². The van der Waals surface area contributed by atoms with Crippen molar-refractivity contribution >= 4 is 34.6 Å². The topological polar surface area (TPSA) is 81.2 Å². The maximum Gasteiger partial charge on any atom is 0.233 e. The molecule has 7 heteroatoms. The molecule has 2 heterocycles. The van der Waals surface area contributed by atoms with Crippen molar-refractivity contribution in [2.24, 2.45) is 11.7 Å². The normalized spacial score (nSPS) is 18.0. The number of primary amides is 1. The van der Waals surface area contributed by atoms with Gasteiger partial charge in [-0.1, -0.05) is 23.9 Å². The van der Waals surface area contributed by atoms with Crippen LogP contribution < -0.4 is 5.73 Å². The van der Waals surface area contributed by atoms with Gasteiger partial charge in [0.05, 0.1) is 22.7 Å². The zero-order chi connectivity index (χ0) is 17.1. The first kappa shape index (κ1) is 16.8. The molecule has 2 N–H and O–H groups in total. The number of aryl methyl sites for hydroxylation is 1. The van der Waals surface area contributed by atoms with Crippen LogP contribution in [0.5, 0.6) is 0 Å². The molecular weight excluding hydrogens is 324 g/mol. The zero-order valence-electron chi connectivity index (χ0n) is 13.8. The van der Waals surface area contributed by atoms with E-state index in [1.54, 1.807) is 4.90 Å². The van der Waals surface area contributed by atoms with Crippen LogP contribution in [0.15, 0.2) is 29.4 Å². The number of hydrogen-bond donors (Lipinski definition) is 1. The molecule has 1 aromatic heterocycles. The molecule has 2 aromatic rings. The number of nitrogens with zero attached hydrogens (tertiary/aromatic N) is 3. The molecular formula is C17H22N4O2S. The van der Waals surface area contributed by atoms with Gasteiger partial charge in [-0.15, -0.1) is 0 Å². The first-order valence-corrected chi connectivity index (χ1v) is 9.24. The highest BCUT2D eigenvalue weighted by molar-refractivity contribution is 7.99. The van der Waals surface area contributed by atoms with Gasteiger partial charge in [0.1, 0.15) is 0 Å². The third-order valence-electron chi connectivity index (χ3n) is 4.44. The van der Waals surface area contributed by atoms with Crippen LogP contribution in [0.1, 0.15) is 19.8 Å². The van der Waals surface area contributed by atoms with Crippen LogP contribution >= 0.6 is 11.8 Å². The summed E-state index contributed by atoms with van der Waals surface area (Å²) in [7, 11) is 0. The van der Waals surface area contributed by atoms with Crippen molar-refractivity contribution in [3.05, 3.63) is 24.3 Å². The SMILES string of the molecule is CCn1c(SCC(=O)N2CCCC(C(N)=O)C2)nc2ccccc21. The van der Waals surface area contributed by atoms with E-state index in [0.717, 1.165) is 35.6 Å². The van der Waals surface area contributed by atoms with Crippen molar-refractivity contribution in [2.75, 3.05) is 18.8 Å². The van der Waals surface area contributed by atoms with Gasteiger partial charge >= 0.3 is 0 Å². The van der Waals surface area contributed by atoms with E-state index < -0.39 is 0 Å². The largest absolute Gasteiger partial charge is 0.369 e. The molecule has 1 unspecified atom stereocenters. The molecule has 24 heavy (non-hydrogen) atoms. The number of rotatable bonds is 5. The van der Waals surface area contributed by atoms with Crippen LogP contribution in [0.4, 0.5) is 0 Å². The van der Waals surface area contributed by atoms with E-state index in [0.29, 0.717) is 18.8 Å². The number of amides is 2. The van der Waals surface area contributed by atoms with Crippen LogP contribution in [0.3, 0.4) is 0 Å². The van der Waals surface area contributed by atoms with Crippen molar-refractivity contribution in [1.82, 2.24) is 14.5 Å². The first-order valence-electron chi connectivity index (χ1n) is 8.25. The molecule has 1 aliphatic rings. The van der Waals surface area contributed by atoms with Gasteiger partial charge in [-0.25, -0.2) is 4.98 Å². The lowest BCUT2D eigenvalue weighted by Gasteiger charge is -2.31. The highest BCUT2D eigenvalue weighted by atomic mass is 32.2. The Hall–Kier alpha value is -2.02. The van der Waals surface area contributed by atoms with Gasteiger partial charge in [-0.05, 0) is 31.9 Å². The van der Waals surface area contributed by atoms with Crippen LogP contribution in [0, 0.1) is 5.92 Å². The summed E-state index contributed by atoms with van der Waals surface area (Å²) in [6.45, 7) is 4.03. The Kier molecular flexibility index (Phi) is 5.08. The molecule has 128 valence electrons. The number of carbonyl (C=O) groups excluding carboxylic acids is 2. The van der Waals surface area contributed by atoms with E-state index in [2.05, 4.69) is 16.5 Å². The van der Waals surface area contributed by atoms with Crippen LogP contribution in [0.25, 0.3) is 11.0 Å². The summed E-state index contributed by atoms with van der Waals surface area (Å²) < 4.78 is 2.12. The molecule has 0 saturated carbocycles. The molecule has 0 aliphatic carbocycles. The number of likely N-dealkylation sites (tertiary alicyclic amines) is 1. The number of thioether (sulfide) groups is 1. The summed E-state index contributed by atoms with van der Waals surface area (Å²) in [4.78, 5) is 30.2. The highest BCUT2D eigenvalue weighted by Gasteiger charge is 2.27. The van der Waals surface area contributed by atoms with Crippen molar-refractivity contribution in [2.45, 2.75) is 31.5 Å². The molecule has 3 rings (SSSR count). The predicted molar refractivity (Wildman–Crippen MR) is 94.6 cm³/mol. The quantitative estimate of drug-likeness (QED) is 0.838. The second-order valence-electron chi connectivity index (χ2n) is 6.00. The fourth-order valence-corrected chi connectivity index (χ4v) is 4.10. The number of piperidine rings is 1. The molecule has 1 aliphatic heterocycles. The minimum Gasteiger partial charge on any atom is -0.369 e. The Bertz CT molecular complexity index is 758. The number of benzene rings is 1. The molecule has 2 amide bonds. The lowest BCUT2D eigenvalue weighted by Crippen LogP contribution is -2.44. The average Bonchev–Trinajstić information content (AvgIpc) is 2.97. The molecule has 0 radical (unpaired) electrons. The Balaban J connectivity index is 1.67. The smallest absolute Gasteiger partial charge is 0.233 e. The summed E-state index contributed by atoms with van der Waals surface area (Å²) in [5, 5.41) is 0.857. The van der Waals surface area contributed by atoms with E-state index in [9.17, 15) is 9.59 Å². The van der Waals surface area contributed by atoms with E-state index >= 15 is 0 Å². The van der Waals surface area contributed by atoms with Crippen molar-refractivity contribution in [3.8, 4) is 0 Å². The number of fused-ring (bicyclic) bond motifs is 1. The van der Waals surface area contributed by atoms with Gasteiger partial charge in [0.15, 0.2) is 5.16 Å². The number of carbonyl (C=O) groups is 2. The second-order valence-corrected chi connectivity index (χ2v) is 6.94. The molecule has 1 saturated heterocycles. The van der Waals surface area contributed by atoms with Crippen molar-refractivity contribution in [1.29, 1.82) is 0 Å². The molecule has 1 atom stereocenters. The van der Waals surface area contributed by atoms with Crippen LogP contribution in [-0.4, -0.2) is 45.1 Å². The van der Waals surface area contributed by atoms with E-state index in [1.165, 1.54) is 11.8 Å². The second kappa shape index (κ2) is 7.25. The van der Waals surface area contributed by atoms with Gasteiger partial charge < -0.3 is 15.2 Å². The van der Waals surface area contributed by atoms with E-state index in [-0.39, 0.29) is 17.7 Å². The molecule has 6 nitrogen and oxygen atoms in total. The summed E-state index contributed by atoms with van der Waals surface area (Å²) in [6, 6.07) is 7.98. The average molecular weight is 346 g/mol. The van der Waals surface area contributed by atoms with Gasteiger partial charge in [0, 0.05) is 19.6 Å². The van der Waals surface area contributed by atoms with E-state index in [1.807, 2.05) is 24.3 Å². The van der Waals surface area contributed by atoms with Crippen molar-refractivity contribution in [3.63, 3.8) is 0 Å². The molecule has 0 spiro atoms. The standard InChI is InChI=1S/C17H22N4O2S/c1-2-21-14-8-4-3-7-13(14)19-17(21)24-11-15(22)20-9-5-6-12(10-20)16(18)23/h3-4,7-8,12H,2,5-6,9-11H2,1H3,(H2,18,23). The maximum absolute atomic E-state index is 12.5. The Morgan fingerprint density at radius 2 is 2.17 bits per heavy atom. The summed E-state index contributed by atoms with van der Waals surface area (Å²) in [5.41, 5.74) is 7.41. The lowest BCUT2D eigenvalue weighted by molar-refractivity contribution is -0.132. The Labute approximate surface area is 145 Å². The Morgan fingerprint density at radius 3 is 2.92 bits per heavy atom. The van der Waals surface area contributed by atoms with Crippen LogP contribution in [0.2, 0.25) is 0 Å². The monoisotopic (exact) mass is 346 g/mol. The number of hydrogen-bond acceptors (Lipinski definition) is 4. The summed E-state index contributed by atoms with van der Waals surface area (Å²) >= 11 is 1.45. The number of nitrogens with two attached hydrogens (primary N) is 1. The fraction of sp³-hybridized carbons (Fsp3) is 0.471. The van der Waals surface area contributed by atoms with Gasteiger partial charge in [0.2, 0.25) is 11.8 Å². The highest BCUT2D eigenvalue weighted by Crippen LogP contribution is 2.25. The zero-order valence-corrected chi connectivity index (χ0v) is 14.6. The number of para-hydroxylation sites is 2. The minimum absolute atomic E-state index is 0.0423. The third-order valence-corrected chi connectivity index (χ3v) is 5.40. The maximum atomic E-state index is 12.5. The predicted octanol–water partition coefficient (Wildman–Crippen LogP) is 1.87. The molecule has 0 bridgehead atoms. The minimum atomic E-state index is -0.312. The lowest BCUT2D eigenvalue weighted by atomic mass is 9.97. The number of imidazole rings is 1. The number of aromatic nitrogens is 2. The fourth-order valence-electron chi connectivity index (χ4n) is 3.12. The summed E-state index contributed by atoms with van der Waals surface area (Å²) in [5.74, 6) is -0.157. The third kappa shape index (κ3) is 3.40. The van der Waals surface area contributed by atoms with Gasteiger partial charge in [-0.3, -0.25) is 9.59 Å². The molecule has 1 aromatic carbocycles. The van der Waals surface area contributed by atoms with E-state index in [4.69, 9.17) is 5.73 Å². The Morgan fingerprint density at radius 1 is 1.38 bits per heavy atom. The van der Waals surface area contributed by atoms with Gasteiger partial charge in [0.25, 0.3) is 0 Å². The summed E-state index contributed by atoms with van der Waals surface area (Å²) in [6.07, 6.45) is 1.61. The van der Waals surface area contributed by atoms with Crippen LogP contribution in [-0.2, 0) is 16.1 Å². The first-order chi connectivity index (χ1) is 11.6. The molecule has 1 fully saturated rings.